The molecule has 0 aromatic heterocycles. The lowest BCUT2D eigenvalue weighted by Gasteiger charge is -2.31. The van der Waals surface area contributed by atoms with Gasteiger partial charge in [-0.2, -0.15) is 0 Å². The fourth-order valence-corrected chi connectivity index (χ4v) is 3.81. The number of amides is 4. The van der Waals surface area contributed by atoms with Crippen LogP contribution in [0.4, 0.5) is 0 Å². The molecule has 1 heterocycles. The molecule has 1 aliphatic rings. The SMILES string of the molecule is NC(=O)CCC[C@H]1CN[C@@H](CCC(N)=O)CN[C@@H](CCC(N)=O)CN[C@@H](CCC(N)=O)CN1. The van der Waals surface area contributed by atoms with Gasteiger partial charge in [0.05, 0.1) is 0 Å². The average molecular weight is 471 g/mol. The number of rotatable bonds is 13. The van der Waals surface area contributed by atoms with Crippen molar-refractivity contribution in [2.24, 2.45) is 22.9 Å². The van der Waals surface area contributed by atoms with Gasteiger partial charge in [0, 0.05) is 76.0 Å². The summed E-state index contributed by atoms with van der Waals surface area (Å²) < 4.78 is 0. The van der Waals surface area contributed by atoms with Crippen LogP contribution in [0.2, 0.25) is 0 Å². The normalized spacial score (nSPS) is 24.8. The van der Waals surface area contributed by atoms with Gasteiger partial charge in [-0.05, 0) is 32.1 Å². The van der Waals surface area contributed by atoms with Crippen LogP contribution in [0, 0.1) is 0 Å². The van der Waals surface area contributed by atoms with Crippen molar-refractivity contribution in [3.8, 4) is 0 Å². The Kier molecular flexibility index (Phi) is 14.2. The lowest BCUT2D eigenvalue weighted by Crippen LogP contribution is -2.54. The molecule has 4 amide bonds. The standard InChI is InChI=1S/C21H42N8O4/c22-18(30)3-1-2-14-10-27-16(5-8-20(24)32)12-29-17(6-9-21(25)33)13-28-15(11-26-14)4-7-19(23)31/h14-17,26-29H,1-13H2,(H2,22,30)(H2,23,31)(H2,24,32)(H2,25,33)/t14-,15-,16-,17-/m0/s1. The summed E-state index contributed by atoms with van der Waals surface area (Å²) in [6.07, 6.45) is 4.22. The molecule has 1 saturated heterocycles. The third-order valence-electron chi connectivity index (χ3n) is 5.81. The fraction of sp³-hybridized carbons (Fsp3) is 0.810. The van der Waals surface area contributed by atoms with Gasteiger partial charge in [0.1, 0.15) is 0 Å². The van der Waals surface area contributed by atoms with E-state index in [0.717, 1.165) is 6.42 Å². The summed E-state index contributed by atoms with van der Waals surface area (Å²) in [4.78, 5) is 45.0. The minimum Gasteiger partial charge on any atom is -0.370 e. The van der Waals surface area contributed by atoms with Crippen molar-refractivity contribution in [3.63, 3.8) is 0 Å². The van der Waals surface area contributed by atoms with E-state index in [9.17, 15) is 19.2 Å². The molecule has 12 nitrogen and oxygen atoms in total. The third-order valence-corrected chi connectivity index (χ3v) is 5.81. The van der Waals surface area contributed by atoms with Crippen molar-refractivity contribution in [2.45, 2.75) is 82.0 Å². The highest BCUT2D eigenvalue weighted by Crippen LogP contribution is 2.07. The number of hydrogen-bond acceptors (Lipinski definition) is 8. The van der Waals surface area contributed by atoms with Crippen LogP contribution < -0.4 is 44.2 Å². The van der Waals surface area contributed by atoms with Crippen LogP contribution in [-0.2, 0) is 19.2 Å². The molecule has 0 bridgehead atoms. The van der Waals surface area contributed by atoms with E-state index >= 15 is 0 Å². The highest BCUT2D eigenvalue weighted by Gasteiger charge is 2.21. The van der Waals surface area contributed by atoms with Crippen molar-refractivity contribution >= 4 is 23.6 Å². The van der Waals surface area contributed by atoms with Gasteiger partial charge in [0.25, 0.3) is 0 Å². The van der Waals surface area contributed by atoms with Crippen LogP contribution in [0.25, 0.3) is 0 Å². The zero-order valence-corrected chi connectivity index (χ0v) is 19.4. The van der Waals surface area contributed by atoms with E-state index in [-0.39, 0.29) is 67.1 Å². The lowest BCUT2D eigenvalue weighted by atomic mass is 10.0. The highest BCUT2D eigenvalue weighted by molar-refractivity contribution is 5.74. The van der Waals surface area contributed by atoms with E-state index in [2.05, 4.69) is 21.3 Å². The van der Waals surface area contributed by atoms with E-state index < -0.39 is 0 Å². The Balaban J connectivity index is 2.87. The first-order valence-electron chi connectivity index (χ1n) is 11.7. The van der Waals surface area contributed by atoms with Gasteiger partial charge < -0.3 is 44.2 Å². The van der Waals surface area contributed by atoms with Crippen LogP contribution in [-0.4, -0.2) is 74.0 Å². The summed E-state index contributed by atoms with van der Waals surface area (Å²) in [5, 5.41) is 14.0. The molecule has 12 N–H and O–H groups in total. The molecule has 33 heavy (non-hydrogen) atoms. The van der Waals surface area contributed by atoms with E-state index in [1.807, 2.05) is 0 Å². The summed E-state index contributed by atoms with van der Waals surface area (Å²) in [6.45, 7) is 2.38. The van der Waals surface area contributed by atoms with Gasteiger partial charge in [-0.15, -0.1) is 0 Å². The summed E-state index contributed by atoms with van der Waals surface area (Å²) in [7, 11) is 0. The maximum absolute atomic E-state index is 11.3. The minimum absolute atomic E-state index is 0.000830. The second-order valence-corrected chi connectivity index (χ2v) is 8.79. The van der Waals surface area contributed by atoms with Crippen LogP contribution in [0.3, 0.4) is 0 Å². The Morgan fingerprint density at radius 3 is 1.03 bits per heavy atom. The topological polar surface area (TPSA) is 220 Å². The molecule has 0 aliphatic carbocycles. The quantitative estimate of drug-likeness (QED) is 0.141. The number of primary amides is 4. The van der Waals surface area contributed by atoms with Crippen molar-refractivity contribution in [1.82, 2.24) is 21.3 Å². The first kappa shape index (κ1) is 28.8. The molecular formula is C21H42N8O4. The number of nitrogens with two attached hydrogens (primary N) is 4. The Labute approximate surface area is 195 Å². The molecular weight excluding hydrogens is 428 g/mol. The maximum Gasteiger partial charge on any atom is 0.217 e. The smallest absolute Gasteiger partial charge is 0.217 e. The van der Waals surface area contributed by atoms with E-state index in [4.69, 9.17) is 22.9 Å². The summed E-state index contributed by atoms with van der Waals surface area (Å²) >= 11 is 0. The number of carbonyl (C=O) groups is 4. The molecule has 0 saturated carbocycles. The van der Waals surface area contributed by atoms with Gasteiger partial charge in [-0.1, -0.05) is 0 Å². The number of hydrogen-bond donors (Lipinski definition) is 8. The molecule has 0 radical (unpaired) electrons. The molecule has 0 unspecified atom stereocenters. The van der Waals surface area contributed by atoms with Crippen molar-refractivity contribution in [3.05, 3.63) is 0 Å². The zero-order valence-electron chi connectivity index (χ0n) is 19.4. The number of nitrogens with one attached hydrogen (secondary N) is 4. The molecule has 190 valence electrons. The third kappa shape index (κ3) is 15.2. The second-order valence-electron chi connectivity index (χ2n) is 8.79. The van der Waals surface area contributed by atoms with Gasteiger partial charge in [0.2, 0.25) is 23.6 Å². The van der Waals surface area contributed by atoms with Crippen molar-refractivity contribution in [1.29, 1.82) is 0 Å². The molecule has 1 aliphatic heterocycles. The molecule has 1 rings (SSSR count). The fourth-order valence-electron chi connectivity index (χ4n) is 3.81. The Bertz CT molecular complexity index is 599. The average Bonchev–Trinajstić information content (AvgIpc) is 2.72. The van der Waals surface area contributed by atoms with Crippen LogP contribution in [0.15, 0.2) is 0 Å². The molecule has 0 spiro atoms. The Morgan fingerprint density at radius 2 is 0.758 bits per heavy atom. The van der Waals surface area contributed by atoms with E-state index in [1.165, 1.54) is 0 Å². The van der Waals surface area contributed by atoms with Crippen LogP contribution in [0.1, 0.15) is 57.8 Å². The monoisotopic (exact) mass is 470 g/mol. The molecule has 4 atom stereocenters. The number of carbonyl (C=O) groups excluding carboxylic acids is 4. The van der Waals surface area contributed by atoms with E-state index in [1.54, 1.807) is 0 Å². The summed E-state index contributed by atoms with van der Waals surface area (Å²) in [5.41, 5.74) is 21.3. The Hall–Kier alpha value is -2.28. The van der Waals surface area contributed by atoms with Gasteiger partial charge in [0.15, 0.2) is 0 Å². The predicted octanol–water partition coefficient (Wildman–Crippen LogP) is -2.72. The highest BCUT2D eigenvalue weighted by atomic mass is 16.2. The maximum atomic E-state index is 11.3. The van der Waals surface area contributed by atoms with Crippen LogP contribution >= 0.6 is 0 Å². The largest absolute Gasteiger partial charge is 0.370 e. The minimum atomic E-state index is -0.364. The summed E-state index contributed by atoms with van der Waals surface area (Å²) in [6, 6.07) is 0.0545. The van der Waals surface area contributed by atoms with E-state index in [0.29, 0.717) is 58.3 Å². The van der Waals surface area contributed by atoms with Gasteiger partial charge in [-0.25, -0.2) is 0 Å². The molecule has 1 fully saturated rings. The molecule has 0 aromatic carbocycles. The lowest BCUT2D eigenvalue weighted by molar-refractivity contribution is -0.119. The predicted molar refractivity (Wildman–Crippen MR) is 125 cm³/mol. The molecule has 12 heteroatoms. The second kappa shape index (κ2) is 16.4. The van der Waals surface area contributed by atoms with Crippen molar-refractivity contribution in [2.75, 3.05) is 26.2 Å². The Morgan fingerprint density at radius 1 is 0.485 bits per heavy atom. The van der Waals surface area contributed by atoms with Crippen molar-refractivity contribution < 1.29 is 19.2 Å². The zero-order chi connectivity index (χ0) is 24.6. The van der Waals surface area contributed by atoms with Gasteiger partial charge in [-0.3, -0.25) is 19.2 Å². The summed E-state index contributed by atoms with van der Waals surface area (Å²) in [5.74, 6) is -1.41. The van der Waals surface area contributed by atoms with Crippen LogP contribution in [0.5, 0.6) is 0 Å². The molecule has 0 aromatic rings. The van der Waals surface area contributed by atoms with Gasteiger partial charge >= 0.3 is 0 Å². The first-order chi connectivity index (χ1) is 15.7. The first-order valence-corrected chi connectivity index (χ1v) is 11.7.